The maximum absolute atomic E-state index is 5.40. The van der Waals surface area contributed by atoms with E-state index in [4.69, 9.17) is 14.2 Å². The number of ether oxygens (including phenoxy) is 3. The Kier molecular flexibility index (Phi) is 6.03. The van der Waals surface area contributed by atoms with E-state index in [-0.39, 0.29) is 0 Å². The molecule has 1 heterocycles. The van der Waals surface area contributed by atoms with E-state index in [2.05, 4.69) is 47.6 Å². The van der Waals surface area contributed by atoms with Crippen molar-refractivity contribution in [3.63, 3.8) is 0 Å². The summed E-state index contributed by atoms with van der Waals surface area (Å²) in [5.74, 6) is 2.34. The molecule has 0 saturated heterocycles. The number of nitrogens with zero attached hydrogens (tertiary/aromatic N) is 3. The van der Waals surface area contributed by atoms with Crippen LogP contribution in [0.15, 0.2) is 59.3 Å². The third kappa shape index (κ3) is 4.31. The van der Waals surface area contributed by atoms with Crippen LogP contribution in [-0.2, 0) is 0 Å². The van der Waals surface area contributed by atoms with E-state index in [1.165, 1.54) is 6.33 Å². The SMILES string of the molecule is COc1cc(Nc2ncnc(Nc3ccc(Br)c4ccccc34)n2)cc(OC)c1OC. The van der Waals surface area contributed by atoms with Gasteiger partial charge in [-0.2, -0.15) is 4.98 Å². The first-order valence-electron chi connectivity index (χ1n) is 9.33. The van der Waals surface area contributed by atoms with E-state index in [0.717, 1.165) is 20.9 Å². The van der Waals surface area contributed by atoms with Crippen LogP contribution >= 0.6 is 15.9 Å². The summed E-state index contributed by atoms with van der Waals surface area (Å²) in [5.41, 5.74) is 1.57. The Hall–Kier alpha value is -3.59. The van der Waals surface area contributed by atoms with E-state index in [9.17, 15) is 0 Å². The minimum absolute atomic E-state index is 0.369. The van der Waals surface area contributed by atoms with Gasteiger partial charge in [0.1, 0.15) is 6.33 Å². The summed E-state index contributed by atoms with van der Waals surface area (Å²) in [6, 6.07) is 15.6. The van der Waals surface area contributed by atoms with Crippen LogP contribution in [0.5, 0.6) is 17.2 Å². The molecule has 4 aromatic rings. The molecule has 1 aromatic heterocycles. The first-order chi connectivity index (χ1) is 15.1. The van der Waals surface area contributed by atoms with Crippen molar-refractivity contribution in [3.8, 4) is 17.2 Å². The summed E-state index contributed by atoms with van der Waals surface area (Å²) in [4.78, 5) is 12.9. The largest absolute Gasteiger partial charge is 0.493 e. The standard InChI is InChI=1S/C22H20BrN5O3/c1-29-18-10-13(11-19(30-2)20(18)31-3)26-21-24-12-25-22(28-21)27-17-9-8-16(23)14-6-4-5-7-15(14)17/h4-12H,1-3H3,(H2,24,25,26,27,28). The van der Waals surface area contributed by atoms with Crippen molar-refractivity contribution in [1.29, 1.82) is 0 Å². The topological polar surface area (TPSA) is 90.4 Å². The van der Waals surface area contributed by atoms with Gasteiger partial charge in [-0.1, -0.05) is 40.2 Å². The molecular weight excluding hydrogens is 462 g/mol. The maximum atomic E-state index is 5.40. The lowest BCUT2D eigenvalue weighted by atomic mass is 10.1. The first kappa shape index (κ1) is 20.7. The maximum Gasteiger partial charge on any atom is 0.232 e. The Balaban J connectivity index is 1.62. The van der Waals surface area contributed by atoms with E-state index < -0.39 is 0 Å². The predicted molar refractivity (Wildman–Crippen MR) is 124 cm³/mol. The predicted octanol–water partition coefficient (Wildman–Crippen LogP) is 5.30. The summed E-state index contributed by atoms with van der Waals surface area (Å²) >= 11 is 3.59. The molecule has 0 saturated carbocycles. The summed E-state index contributed by atoms with van der Waals surface area (Å²) < 4.78 is 17.2. The molecule has 0 bridgehead atoms. The van der Waals surface area contributed by atoms with Gasteiger partial charge in [-0.05, 0) is 17.5 Å². The quantitative estimate of drug-likeness (QED) is 0.367. The molecule has 8 nitrogen and oxygen atoms in total. The molecule has 9 heteroatoms. The zero-order valence-corrected chi connectivity index (χ0v) is 18.7. The molecule has 0 aliphatic carbocycles. The van der Waals surface area contributed by atoms with Gasteiger partial charge < -0.3 is 24.8 Å². The second-order valence-corrected chi connectivity index (χ2v) is 7.29. The fraction of sp³-hybridized carbons (Fsp3) is 0.136. The van der Waals surface area contributed by atoms with E-state index in [1.54, 1.807) is 33.5 Å². The fourth-order valence-electron chi connectivity index (χ4n) is 3.19. The van der Waals surface area contributed by atoms with Crippen LogP contribution in [0.3, 0.4) is 0 Å². The van der Waals surface area contributed by atoms with Crippen molar-refractivity contribution in [3.05, 3.63) is 59.3 Å². The molecule has 31 heavy (non-hydrogen) atoms. The molecule has 0 aliphatic rings. The summed E-state index contributed by atoms with van der Waals surface area (Å²) in [6.45, 7) is 0. The van der Waals surface area contributed by atoms with Gasteiger partial charge in [0.15, 0.2) is 11.5 Å². The lowest BCUT2D eigenvalue weighted by Gasteiger charge is -2.15. The highest BCUT2D eigenvalue weighted by Gasteiger charge is 2.14. The summed E-state index contributed by atoms with van der Waals surface area (Å²) in [5, 5.41) is 8.57. The van der Waals surface area contributed by atoms with Gasteiger partial charge in [-0.3, -0.25) is 0 Å². The number of benzene rings is 3. The van der Waals surface area contributed by atoms with Crippen molar-refractivity contribution in [1.82, 2.24) is 15.0 Å². The van der Waals surface area contributed by atoms with Gasteiger partial charge in [0, 0.05) is 33.4 Å². The molecule has 3 aromatic carbocycles. The van der Waals surface area contributed by atoms with Crippen molar-refractivity contribution in [2.45, 2.75) is 0 Å². The number of nitrogens with one attached hydrogen (secondary N) is 2. The number of rotatable bonds is 7. The van der Waals surface area contributed by atoms with Crippen molar-refractivity contribution >= 4 is 50.0 Å². The lowest BCUT2D eigenvalue weighted by molar-refractivity contribution is 0.324. The molecule has 0 unspecified atom stereocenters. The molecule has 2 N–H and O–H groups in total. The lowest BCUT2D eigenvalue weighted by Crippen LogP contribution is -2.04. The molecule has 0 aliphatic heterocycles. The smallest absolute Gasteiger partial charge is 0.232 e. The fourth-order valence-corrected chi connectivity index (χ4v) is 3.67. The first-order valence-corrected chi connectivity index (χ1v) is 10.1. The average Bonchev–Trinajstić information content (AvgIpc) is 2.80. The van der Waals surface area contributed by atoms with Crippen LogP contribution in [0.4, 0.5) is 23.3 Å². The Morgan fingerprint density at radius 2 is 1.42 bits per heavy atom. The minimum atomic E-state index is 0.369. The van der Waals surface area contributed by atoms with Crippen LogP contribution in [0.1, 0.15) is 0 Å². The highest BCUT2D eigenvalue weighted by Crippen LogP contribution is 2.40. The molecule has 4 rings (SSSR count). The van der Waals surface area contributed by atoms with Gasteiger partial charge >= 0.3 is 0 Å². The van der Waals surface area contributed by atoms with Gasteiger partial charge in [0.05, 0.1) is 21.3 Å². The average molecular weight is 482 g/mol. The molecular formula is C22H20BrN5O3. The van der Waals surface area contributed by atoms with Gasteiger partial charge in [-0.25, -0.2) is 9.97 Å². The van der Waals surface area contributed by atoms with Gasteiger partial charge in [0.2, 0.25) is 17.6 Å². The number of aromatic nitrogens is 3. The van der Waals surface area contributed by atoms with E-state index >= 15 is 0 Å². The van der Waals surface area contributed by atoms with Crippen molar-refractivity contribution < 1.29 is 14.2 Å². The number of halogens is 1. The van der Waals surface area contributed by atoms with E-state index in [0.29, 0.717) is 34.8 Å². The zero-order valence-electron chi connectivity index (χ0n) is 17.1. The third-order valence-electron chi connectivity index (χ3n) is 4.61. The number of hydrogen-bond donors (Lipinski definition) is 2. The normalized spacial score (nSPS) is 10.6. The Morgan fingerprint density at radius 3 is 2.06 bits per heavy atom. The van der Waals surface area contributed by atoms with E-state index in [1.807, 2.05) is 30.3 Å². The molecule has 158 valence electrons. The number of anilines is 4. The van der Waals surface area contributed by atoms with Crippen LogP contribution in [0.25, 0.3) is 10.8 Å². The minimum Gasteiger partial charge on any atom is -0.493 e. The second kappa shape index (κ2) is 9.05. The Morgan fingerprint density at radius 1 is 0.774 bits per heavy atom. The highest BCUT2D eigenvalue weighted by atomic mass is 79.9. The molecule has 0 amide bonds. The van der Waals surface area contributed by atoms with Gasteiger partial charge in [0.25, 0.3) is 0 Å². The van der Waals surface area contributed by atoms with Crippen molar-refractivity contribution in [2.24, 2.45) is 0 Å². The highest BCUT2D eigenvalue weighted by molar-refractivity contribution is 9.10. The third-order valence-corrected chi connectivity index (χ3v) is 5.30. The second-order valence-electron chi connectivity index (χ2n) is 6.44. The molecule has 0 fully saturated rings. The number of methoxy groups -OCH3 is 3. The molecule has 0 spiro atoms. The monoisotopic (exact) mass is 481 g/mol. The summed E-state index contributed by atoms with van der Waals surface area (Å²) in [6.07, 6.45) is 1.44. The summed E-state index contributed by atoms with van der Waals surface area (Å²) in [7, 11) is 4.69. The Bertz CT molecular complexity index is 1210. The van der Waals surface area contributed by atoms with Crippen molar-refractivity contribution in [2.75, 3.05) is 32.0 Å². The molecule has 0 atom stereocenters. The Labute approximate surface area is 187 Å². The van der Waals surface area contributed by atoms with Gasteiger partial charge in [-0.15, -0.1) is 0 Å². The number of fused-ring (bicyclic) bond motifs is 1. The molecule has 0 radical (unpaired) electrons. The number of hydrogen-bond acceptors (Lipinski definition) is 8. The zero-order chi connectivity index (χ0) is 21.8. The van der Waals surface area contributed by atoms with Crippen LogP contribution in [0.2, 0.25) is 0 Å². The van der Waals surface area contributed by atoms with Crippen LogP contribution < -0.4 is 24.8 Å². The van der Waals surface area contributed by atoms with Crippen LogP contribution in [0, 0.1) is 0 Å². The van der Waals surface area contributed by atoms with Crippen LogP contribution in [-0.4, -0.2) is 36.3 Å².